The Bertz CT molecular complexity index is 1150. The van der Waals surface area contributed by atoms with E-state index in [1.165, 1.54) is 43.4 Å². The predicted octanol–water partition coefficient (Wildman–Crippen LogP) is 6.93. The fourth-order valence-electron chi connectivity index (χ4n) is 4.27. The zero-order chi connectivity index (χ0) is 16.8. The molecule has 5 aromatic carbocycles. The molecule has 0 aromatic heterocycles. The maximum absolute atomic E-state index is 2.35. The van der Waals surface area contributed by atoms with Gasteiger partial charge in [-0.25, -0.2) is 0 Å². The molecule has 0 saturated carbocycles. The Labute approximate surface area is 148 Å². The van der Waals surface area contributed by atoms with Crippen molar-refractivity contribution in [2.75, 3.05) is 0 Å². The van der Waals surface area contributed by atoms with E-state index in [0.717, 1.165) is 6.42 Å². The molecule has 120 valence electrons. The van der Waals surface area contributed by atoms with E-state index in [0.29, 0.717) is 5.92 Å². The van der Waals surface area contributed by atoms with Gasteiger partial charge in [0.15, 0.2) is 0 Å². The second-order valence-corrected chi connectivity index (χ2v) is 7.10. The minimum atomic E-state index is 0.493. The van der Waals surface area contributed by atoms with Crippen molar-refractivity contribution in [3.63, 3.8) is 0 Å². The molecular formula is C25H20. The van der Waals surface area contributed by atoms with E-state index in [1.54, 1.807) is 0 Å². The minimum Gasteiger partial charge on any atom is -0.0622 e. The molecule has 5 rings (SSSR count). The van der Waals surface area contributed by atoms with E-state index >= 15 is 0 Å². The molecule has 0 amide bonds. The summed E-state index contributed by atoms with van der Waals surface area (Å²) < 4.78 is 0. The molecule has 0 bridgehead atoms. The highest BCUT2D eigenvalue weighted by Crippen LogP contribution is 2.38. The molecule has 0 spiro atoms. The molecule has 0 aliphatic heterocycles. The number of hydrogen-bond donors (Lipinski definition) is 0. The summed E-state index contributed by atoms with van der Waals surface area (Å²) in [4.78, 5) is 0. The SMILES string of the molecule is CC(Cc1ccccc1)c1ccc2ccc3cccc4ccc1c2c34. The highest BCUT2D eigenvalue weighted by Gasteiger charge is 2.14. The molecule has 0 heterocycles. The van der Waals surface area contributed by atoms with Crippen LogP contribution >= 0.6 is 0 Å². The van der Waals surface area contributed by atoms with E-state index in [2.05, 4.69) is 91.9 Å². The minimum absolute atomic E-state index is 0.493. The molecular weight excluding hydrogens is 300 g/mol. The van der Waals surface area contributed by atoms with Gasteiger partial charge in [-0.1, -0.05) is 91.9 Å². The first-order valence-corrected chi connectivity index (χ1v) is 9.01. The van der Waals surface area contributed by atoms with Gasteiger partial charge in [0.05, 0.1) is 0 Å². The van der Waals surface area contributed by atoms with Gasteiger partial charge in [0.25, 0.3) is 0 Å². The van der Waals surface area contributed by atoms with Gasteiger partial charge in [0.2, 0.25) is 0 Å². The summed E-state index contributed by atoms with van der Waals surface area (Å²) in [6.07, 6.45) is 1.07. The maximum Gasteiger partial charge on any atom is -0.00239 e. The van der Waals surface area contributed by atoms with Crippen molar-refractivity contribution in [3.05, 3.63) is 96.1 Å². The van der Waals surface area contributed by atoms with Crippen molar-refractivity contribution in [1.82, 2.24) is 0 Å². The van der Waals surface area contributed by atoms with Crippen molar-refractivity contribution >= 4 is 32.3 Å². The zero-order valence-electron chi connectivity index (χ0n) is 14.4. The van der Waals surface area contributed by atoms with Crippen LogP contribution in [0.2, 0.25) is 0 Å². The van der Waals surface area contributed by atoms with Crippen LogP contribution in [0.4, 0.5) is 0 Å². The van der Waals surface area contributed by atoms with Crippen LogP contribution in [0.5, 0.6) is 0 Å². The Kier molecular flexibility index (Phi) is 3.24. The summed E-state index contributed by atoms with van der Waals surface area (Å²) in [6.45, 7) is 2.35. The van der Waals surface area contributed by atoms with Crippen molar-refractivity contribution in [3.8, 4) is 0 Å². The maximum atomic E-state index is 2.35. The lowest BCUT2D eigenvalue weighted by molar-refractivity contribution is 0.766. The molecule has 0 N–H and O–H groups in total. The molecule has 5 aromatic rings. The smallest absolute Gasteiger partial charge is 0.00239 e. The van der Waals surface area contributed by atoms with Crippen molar-refractivity contribution in [1.29, 1.82) is 0 Å². The number of benzene rings is 5. The van der Waals surface area contributed by atoms with E-state index in [-0.39, 0.29) is 0 Å². The van der Waals surface area contributed by atoms with Crippen LogP contribution in [0, 0.1) is 0 Å². The van der Waals surface area contributed by atoms with Crippen LogP contribution < -0.4 is 0 Å². The quantitative estimate of drug-likeness (QED) is 0.316. The predicted molar refractivity (Wildman–Crippen MR) is 109 cm³/mol. The Morgan fingerprint density at radius 1 is 0.600 bits per heavy atom. The molecule has 0 aliphatic carbocycles. The van der Waals surface area contributed by atoms with Gasteiger partial charge in [0, 0.05) is 0 Å². The Balaban J connectivity index is 1.73. The van der Waals surface area contributed by atoms with Gasteiger partial charge >= 0.3 is 0 Å². The van der Waals surface area contributed by atoms with Gasteiger partial charge in [-0.2, -0.15) is 0 Å². The fourth-order valence-corrected chi connectivity index (χ4v) is 4.27. The molecule has 0 heteroatoms. The highest BCUT2D eigenvalue weighted by atomic mass is 14.2. The summed E-state index contributed by atoms with van der Waals surface area (Å²) in [7, 11) is 0. The summed E-state index contributed by atoms with van der Waals surface area (Å²) in [5.41, 5.74) is 2.86. The largest absolute Gasteiger partial charge is 0.0622 e. The third kappa shape index (κ3) is 2.29. The van der Waals surface area contributed by atoms with Crippen LogP contribution in [0.15, 0.2) is 84.9 Å². The lowest BCUT2D eigenvalue weighted by Crippen LogP contribution is -2.00. The van der Waals surface area contributed by atoms with Gasteiger partial charge in [-0.05, 0) is 55.8 Å². The zero-order valence-corrected chi connectivity index (χ0v) is 14.4. The third-order valence-corrected chi connectivity index (χ3v) is 5.48. The molecule has 25 heavy (non-hydrogen) atoms. The van der Waals surface area contributed by atoms with Crippen LogP contribution in [-0.4, -0.2) is 0 Å². The summed E-state index contributed by atoms with van der Waals surface area (Å²) in [5, 5.41) is 8.26. The van der Waals surface area contributed by atoms with Gasteiger partial charge in [-0.3, -0.25) is 0 Å². The van der Waals surface area contributed by atoms with E-state index < -0.39 is 0 Å². The molecule has 0 fully saturated rings. The Morgan fingerprint density at radius 3 is 2.00 bits per heavy atom. The summed E-state index contributed by atoms with van der Waals surface area (Å²) in [5.74, 6) is 0.493. The summed E-state index contributed by atoms with van der Waals surface area (Å²) >= 11 is 0. The average Bonchev–Trinajstić information content (AvgIpc) is 2.67. The second-order valence-electron chi connectivity index (χ2n) is 7.10. The molecule has 0 radical (unpaired) electrons. The normalized spacial score (nSPS) is 13.0. The van der Waals surface area contributed by atoms with E-state index in [4.69, 9.17) is 0 Å². The fraction of sp³-hybridized carbons (Fsp3) is 0.120. The average molecular weight is 320 g/mol. The lowest BCUT2D eigenvalue weighted by Gasteiger charge is -2.18. The van der Waals surface area contributed by atoms with Crippen molar-refractivity contribution in [2.24, 2.45) is 0 Å². The Morgan fingerprint density at radius 2 is 1.24 bits per heavy atom. The van der Waals surface area contributed by atoms with Crippen LogP contribution in [0.25, 0.3) is 32.3 Å². The van der Waals surface area contributed by atoms with E-state index in [9.17, 15) is 0 Å². The molecule has 0 nitrogen and oxygen atoms in total. The Hall–Kier alpha value is -2.86. The number of hydrogen-bond acceptors (Lipinski definition) is 0. The number of rotatable bonds is 3. The van der Waals surface area contributed by atoms with E-state index in [1.807, 2.05) is 0 Å². The molecule has 0 saturated heterocycles. The van der Waals surface area contributed by atoms with Gasteiger partial charge in [-0.15, -0.1) is 0 Å². The molecule has 0 aliphatic rings. The third-order valence-electron chi connectivity index (χ3n) is 5.48. The monoisotopic (exact) mass is 320 g/mol. The lowest BCUT2D eigenvalue weighted by atomic mass is 9.86. The van der Waals surface area contributed by atoms with Crippen molar-refractivity contribution < 1.29 is 0 Å². The first-order chi connectivity index (χ1) is 12.3. The van der Waals surface area contributed by atoms with Crippen molar-refractivity contribution in [2.45, 2.75) is 19.3 Å². The van der Waals surface area contributed by atoms with Crippen LogP contribution in [-0.2, 0) is 6.42 Å². The first kappa shape index (κ1) is 14.5. The highest BCUT2D eigenvalue weighted by molar-refractivity contribution is 6.23. The first-order valence-electron chi connectivity index (χ1n) is 9.01. The molecule has 1 unspecified atom stereocenters. The van der Waals surface area contributed by atoms with Crippen LogP contribution in [0.3, 0.4) is 0 Å². The van der Waals surface area contributed by atoms with Crippen LogP contribution in [0.1, 0.15) is 24.0 Å². The van der Waals surface area contributed by atoms with Gasteiger partial charge < -0.3 is 0 Å². The van der Waals surface area contributed by atoms with Gasteiger partial charge in [0.1, 0.15) is 0 Å². The molecule has 1 atom stereocenters. The standard InChI is InChI=1S/C25H20/c1-17(16-18-6-3-2-4-7-18)22-14-12-21-11-10-19-8-5-9-20-13-15-23(22)25(21)24(19)20/h2-15,17H,16H2,1H3. The second kappa shape index (κ2) is 5.60. The summed E-state index contributed by atoms with van der Waals surface area (Å²) in [6, 6.07) is 31.1. The topological polar surface area (TPSA) is 0 Å².